The first-order valence-corrected chi connectivity index (χ1v) is 12.7. The Morgan fingerprint density at radius 2 is 1.67 bits per heavy atom. The van der Waals surface area contributed by atoms with Crippen molar-refractivity contribution in [3.8, 4) is 11.4 Å². The summed E-state index contributed by atoms with van der Waals surface area (Å²) in [6, 6.07) is 15.0. The van der Waals surface area contributed by atoms with E-state index in [9.17, 15) is 0 Å². The van der Waals surface area contributed by atoms with Crippen LogP contribution in [0, 0.1) is 0 Å². The minimum Gasteiger partial charge on any atom is -0.378 e. The zero-order chi connectivity index (χ0) is 24.5. The molecule has 2 saturated heterocycles. The molecule has 5 heterocycles. The van der Waals surface area contributed by atoms with Crippen molar-refractivity contribution in [3.05, 3.63) is 60.4 Å². The lowest BCUT2D eigenvalue weighted by molar-refractivity contribution is 0.122. The molecule has 2 aliphatic rings. The molecular formula is C27H32N8O. The molecule has 0 amide bonds. The molecule has 186 valence electrons. The van der Waals surface area contributed by atoms with Crippen LogP contribution < -0.4 is 9.80 Å². The molecular weight excluding hydrogens is 452 g/mol. The first-order chi connectivity index (χ1) is 17.7. The predicted molar refractivity (Wildman–Crippen MR) is 141 cm³/mol. The lowest BCUT2D eigenvalue weighted by Gasteiger charge is -2.40. The zero-order valence-electron chi connectivity index (χ0n) is 20.9. The molecule has 0 aliphatic carbocycles. The zero-order valence-corrected chi connectivity index (χ0v) is 20.9. The summed E-state index contributed by atoms with van der Waals surface area (Å²) >= 11 is 0. The number of rotatable bonds is 5. The van der Waals surface area contributed by atoms with E-state index >= 15 is 0 Å². The van der Waals surface area contributed by atoms with Crippen molar-refractivity contribution in [2.45, 2.75) is 19.5 Å². The van der Waals surface area contributed by atoms with Gasteiger partial charge in [0.15, 0.2) is 17.0 Å². The maximum Gasteiger partial charge on any atom is 0.229 e. The number of fused-ring (bicyclic) bond motifs is 1. The topological polar surface area (TPSA) is 75.4 Å². The third-order valence-corrected chi connectivity index (χ3v) is 7.25. The van der Waals surface area contributed by atoms with Gasteiger partial charge in [-0.2, -0.15) is 9.97 Å². The number of piperazine rings is 1. The average Bonchev–Trinajstić information content (AvgIpc) is 3.33. The van der Waals surface area contributed by atoms with Crippen LogP contribution in [0.2, 0.25) is 0 Å². The number of aromatic nitrogens is 5. The van der Waals surface area contributed by atoms with Gasteiger partial charge in [-0.15, -0.1) is 0 Å². The van der Waals surface area contributed by atoms with Gasteiger partial charge in [-0.05, 0) is 31.7 Å². The highest BCUT2D eigenvalue weighted by Crippen LogP contribution is 2.33. The standard InChI is InChI=1S/C27H32N8O/c1-3-35-24(21-9-11-28-12-10-21)29-23-25(33-15-17-36-18-16-33)30-27(31-26(23)35)34-14-13-32(2)22(19-34)20-7-5-4-6-8-20/h4-12,22H,3,13-19H2,1-2H3. The van der Waals surface area contributed by atoms with E-state index in [4.69, 9.17) is 19.7 Å². The first kappa shape index (κ1) is 22.9. The molecule has 0 bridgehead atoms. The molecule has 9 nitrogen and oxygen atoms in total. The van der Waals surface area contributed by atoms with E-state index in [1.54, 1.807) is 0 Å². The van der Waals surface area contributed by atoms with Crippen molar-refractivity contribution < 1.29 is 4.74 Å². The van der Waals surface area contributed by atoms with Crippen molar-refractivity contribution in [3.63, 3.8) is 0 Å². The fraction of sp³-hybridized carbons (Fsp3) is 0.407. The fourth-order valence-corrected chi connectivity index (χ4v) is 5.22. The molecule has 6 rings (SSSR count). The van der Waals surface area contributed by atoms with E-state index < -0.39 is 0 Å². The van der Waals surface area contributed by atoms with Gasteiger partial charge in [0, 0.05) is 57.2 Å². The highest BCUT2D eigenvalue weighted by atomic mass is 16.5. The van der Waals surface area contributed by atoms with Crippen LogP contribution in [0.1, 0.15) is 18.5 Å². The van der Waals surface area contributed by atoms with Crippen molar-refractivity contribution in [2.24, 2.45) is 0 Å². The Morgan fingerprint density at radius 1 is 0.889 bits per heavy atom. The molecule has 0 N–H and O–H groups in total. The van der Waals surface area contributed by atoms with Gasteiger partial charge in [0.05, 0.1) is 19.3 Å². The molecule has 1 aromatic carbocycles. The number of likely N-dealkylation sites (N-methyl/N-ethyl adjacent to an activating group) is 1. The maximum atomic E-state index is 5.64. The summed E-state index contributed by atoms with van der Waals surface area (Å²) in [5.74, 6) is 2.57. The molecule has 2 aliphatic heterocycles. The Balaban J connectivity index is 1.46. The summed E-state index contributed by atoms with van der Waals surface area (Å²) < 4.78 is 7.84. The molecule has 2 fully saturated rings. The SMILES string of the molecule is CCn1c(-c2ccncc2)nc2c(N3CCOCC3)nc(N3CCN(C)C(c4ccccc4)C3)nc21. The molecule has 9 heteroatoms. The van der Waals surface area contributed by atoms with Crippen LogP contribution in [0.3, 0.4) is 0 Å². The Morgan fingerprint density at radius 3 is 2.42 bits per heavy atom. The highest BCUT2D eigenvalue weighted by Gasteiger charge is 2.30. The molecule has 0 spiro atoms. The van der Waals surface area contributed by atoms with Gasteiger partial charge in [0.1, 0.15) is 5.82 Å². The van der Waals surface area contributed by atoms with E-state index in [1.165, 1.54) is 5.56 Å². The number of nitrogens with zero attached hydrogens (tertiary/aromatic N) is 8. The molecule has 0 saturated carbocycles. The van der Waals surface area contributed by atoms with Gasteiger partial charge in [-0.3, -0.25) is 9.88 Å². The van der Waals surface area contributed by atoms with E-state index in [0.717, 1.165) is 73.6 Å². The maximum absolute atomic E-state index is 5.64. The predicted octanol–water partition coefficient (Wildman–Crippen LogP) is 3.24. The number of ether oxygens (including phenoxy) is 1. The van der Waals surface area contributed by atoms with E-state index in [0.29, 0.717) is 13.2 Å². The summed E-state index contributed by atoms with van der Waals surface area (Å²) in [6.45, 7) is 8.55. The third-order valence-electron chi connectivity index (χ3n) is 7.25. The smallest absolute Gasteiger partial charge is 0.229 e. The number of aryl methyl sites for hydroxylation is 1. The molecule has 36 heavy (non-hydrogen) atoms. The number of pyridine rings is 1. The normalized spacial score (nSPS) is 19.2. The van der Waals surface area contributed by atoms with E-state index in [-0.39, 0.29) is 6.04 Å². The van der Waals surface area contributed by atoms with Gasteiger partial charge in [0.25, 0.3) is 0 Å². The monoisotopic (exact) mass is 484 g/mol. The Kier molecular flexibility index (Phi) is 6.25. The fourth-order valence-electron chi connectivity index (χ4n) is 5.22. The second kappa shape index (κ2) is 9.83. The largest absolute Gasteiger partial charge is 0.378 e. The summed E-state index contributed by atoms with van der Waals surface area (Å²) in [5.41, 5.74) is 4.08. The summed E-state index contributed by atoms with van der Waals surface area (Å²) in [5, 5.41) is 0. The lowest BCUT2D eigenvalue weighted by Crippen LogP contribution is -2.47. The molecule has 1 atom stereocenters. The summed E-state index contributed by atoms with van der Waals surface area (Å²) in [6.07, 6.45) is 3.62. The minimum atomic E-state index is 0.287. The second-order valence-electron chi connectivity index (χ2n) is 9.39. The second-order valence-corrected chi connectivity index (χ2v) is 9.39. The van der Waals surface area contributed by atoms with Gasteiger partial charge in [-0.1, -0.05) is 30.3 Å². The number of imidazole rings is 1. The van der Waals surface area contributed by atoms with Crippen LogP contribution >= 0.6 is 0 Å². The Hall–Kier alpha value is -3.56. The highest BCUT2D eigenvalue weighted by molar-refractivity contribution is 5.88. The van der Waals surface area contributed by atoms with Gasteiger partial charge in [-0.25, -0.2) is 4.98 Å². The van der Waals surface area contributed by atoms with Crippen molar-refractivity contribution in [1.82, 2.24) is 29.4 Å². The first-order valence-electron chi connectivity index (χ1n) is 12.7. The molecule has 3 aromatic heterocycles. The van der Waals surface area contributed by atoms with Crippen LogP contribution in [0.5, 0.6) is 0 Å². The third kappa shape index (κ3) is 4.18. The van der Waals surface area contributed by atoms with Gasteiger partial charge < -0.3 is 19.1 Å². The van der Waals surface area contributed by atoms with Crippen LogP contribution in [0.25, 0.3) is 22.6 Å². The number of morpholine rings is 1. The van der Waals surface area contributed by atoms with Crippen LogP contribution in [-0.2, 0) is 11.3 Å². The quantitative estimate of drug-likeness (QED) is 0.427. The molecule has 0 radical (unpaired) electrons. The Bertz CT molecular complexity index is 1320. The lowest BCUT2D eigenvalue weighted by atomic mass is 10.0. The Labute approximate surface area is 211 Å². The average molecular weight is 485 g/mol. The van der Waals surface area contributed by atoms with E-state index in [1.807, 2.05) is 24.5 Å². The van der Waals surface area contributed by atoms with Gasteiger partial charge in [0.2, 0.25) is 5.95 Å². The summed E-state index contributed by atoms with van der Waals surface area (Å²) in [4.78, 5) is 26.6. The number of hydrogen-bond acceptors (Lipinski definition) is 8. The minimum absolute atomic E-state index is 0.287. The number of anilines is 2. The van der Waals surface area contributed by atoms with Crippen LogP contribution in [0.4, 0.5) is 11.8 Å². The van der Waals surface area contributed by atoms with Crippen molar-refractivity contribution in [2.75, 3.05) is 62.8 Å². The molecule has 1 unspecified atom stereocenters. The number of benzene rings is 1. The van der Waals surface area contributed by atoms with Gasteiger partial charge >= 0.3 is 0 Å². The van der Waals surface area contributed by atoms with Crippen LogP contribution in [-0.4, -0.2) is 82.4 Å². The number of hydrogen-bond donors (Lipinski definition) is 0. The van der Waals surface area contributed by atoms with E-state index in [2.05, 4.69) is 68.6 Å². The van der Waals surface area contributed by atoms with Crippen molar-refractivity contribution in [1.29, 1.82) is 0 Å². The summed E-state index contributed by atoms with van der Waals surface area (Å²) in [7, 11) is 2.20. The molecule has 4 aromatic rings. The van der Waals surface area contributed by atoms with Crippen LogP contribution in [0.15, 0.2) is 54.9 Å². The van der Waals surface area contributed by atoms with Crippen molar-refractivity contribution >= 4 is 22.9 Å².